The van der Waals surface area contributed by atoms with Crippen molar-refractivity contribution in [1.82, 2.24) is 14.9 Å². The van der Waals surface area contributed by atoms with Crippen LogP contribution in [0.3, 0.4) is 0 Å². The molecule has 0 atom stereocenters. The van der Waals surface area contributed by atoms with E-state index < -0.39 is 5.91 Å². The molecule has 0 radical (unpaired) electrons. The van der Waals surface area contributed by atoms with Crippen LogP contribution in [-0.4, -0.2) is 47.1 Å². The Morgan fingerprint density at radius 2 is 2.10 bits per heavy atom. The molecule has 160 valence electrons. The Hall–Kier alpha value is -3.07. The van der Waals surface area contributed by atoms with Gasteiger partial charge in [0.1, 0.15) is 5.82 Å². The Bertz CT molecular complexity index is 1100. The second-order valence-electron chi connectivity index (χ2n) is 7.46. The fourth-order valence-corrected chi connectivity index (χ4v) is 4.11. The predicted octanol–water partition coefficient (Wildman–Crippen LogP) is 3.59. The third-order valence-corrected chi connectivity index (χ3v) is 5.88. The summed E-state index contributed by atoms with van der Waals surface area (Å²) in [6, 6.07) is 11.7. The minimum atomic E-state index is -0.535. The molecule has 1 amide bonds. The van der Waals surface area contributed by atoms with Crippen LogP contribution in [0.2, 0.25) is 0 Å². The van der Waals surface area contributed by atoms with Crippen molar-refractivity contribution in [2.45, 2.75) is 13.5 Å². The second kappa shape index (κ2) is 9.38. The number of rotatable bonds is 7. The molecule has 7 nitrogen and oxygen atoms in total. The van der Waals surface area contributed by atoms with Crippen molar-refractivity contribution >= 4 is 33.8 Å². The summed E-state index contributed by atoms with van der Waals surface area (Å²) in [5, 5.41) is 4.13. The van der Waals surface area contributed by atoms with E-state index in [1.54, 1.807) is 11.3 Å². The van der Waals surface area contributed by atoms with E-state index in [9.17, 15) is 4.79 Å². The van der Waals surface area contributed by atoms with Crippen LogP contribution in [-0.2, 0) is 16.1 Å². The molecule has 4 rings (SSSR count). The van der Waals surface area contributed by atoms with Crippen LogP contribution in [0.5, 0.6) is 0 Å². The number of primary amides is 1. The predicted molar refractivity (Wildman–Crippen MR) is 124 cm³/mol. The maximum atomic E-state index is 11.6. The Labute approximate surface area is 185 Å². The summed E-state index contributed by atoms with van der Waals surface area (Å²) in [6.45, 7) is 9.93. The highest BCUT2D eigenvalue weighted by molar-refractivity contribution is 7.15. The summed E-state index contributed by atoms with van der Waals surface area (Å²) in [6.07, 6.45) is 1.84. The summed E-state index contributed by atoms with van der Waals surface area (Å²) < 4.78 is 5.47. The molecule has 3 aromatic rings. The van der Waals surface area contributed by atoms with Crippen LogP contribution < -0.4 is 11.1 Å². The summed E-state index contributed by atoms with van der Waals surface area (Å²) in [7, 11) is 0. The zero-order valence-corrected chi connectivity index (χ0v) is 18.2. The van der Waals surface area contributed by atoms with Crippen LogP contribution in [0.4, 0.5) is 10.9 Å². The number of aromatic nitrogens is 2. The van der Waals surface area contributed by atoms with Gasteiger partial charge in [-0.15, -0.1) is 11.3 Å². The molecule has 0 spiro atoms. The Morgan fingerprint density at radius 3 is 2.81 bits per heavy atom. The van der Waals surface area contributed by atoms with E-state index >= 15 is 0 Å². The van der Waals surface area contributed by atoms with Gasteiger partial charge in [0.15, 0.2) is 5.13 Å². The quantitative estimate of drug-likeness (QED) is 0.551. The topological polar surface area (TPSA) is 93.4 Å². The number of benzene rings is 1. The number of nitrogens with zero attached hydrogens (tertiary/aromatic N) is 3. The zero-order valence-electron chi connectivity index (χ0n) is 17.4. The summed E-state index contributed by atoms with van der Waals surface area (Å²) in [5.41, 5.74) is 9.22. The first-order chi connectivity index (χ1) is 15.0. The minimum absolute atomic E-state index is 0.280. The molecular weight excluding hydrogens is 410 g/mol. The number of amides is 1. The average Bonchev–Trinajstić information content (AvgIpc) is 3.18. The molecule has 1 aliphatic heterocycles. The van der Waals surface area contributed by atoms with E-state index in [2.05, 4.69) is 33.9 Å². The Kier molecular flexibility index (Phi) is 6.41. The summed E-state index contributed by atoms with van der Waals surface area (Å²) in [5.74, 6) is 0.196. The highest BCUT2D eigenvalue weighted by Gasteiger charge is 2.14. The van der Waals surface area contributed by atoms with Gasteiger partial charge in [0.25, 0.3) is 0 Å². The standard InChI is InChI=1S/C23H25N5O2S/c1-15-13-25-23(31-15)27-21-11-17(14-28-6-8-30-9-7-28)10-20(26-21)19-5-3-4-18(12-19)16(2)22(24)29/h3-5,10-13H,2,6-9,14H2,1H3,(H2,24,29)(H,25,26,27). The van der Waals surface area contributed by atoms with Crippen molar-refractivity contribution in [3.8, 4) is 11.3 Å². The van der Waals surface area contributed by atoms with Gasteiger partial charge in [0, 0.05) is 41.8 Å². The number of carbonyl (C=O) groups is 1. The molecule has 3 N–H and O–H groups in total. The molecular formula is C23H25N5O2S. The molecule has 8 heteroatoms. The molecule has 0 aliphatic carbocycles. The van der Waals surface area contributed by atoms with Crippen LogP contribution in [0.25, 0.3) is 16.8 Å². The van der Waals surface area contributed by atoms with Crippen LogP contribution in [0.15, 0.2) is 49.2 Å². The third kappa shape index (κ3) is 5.35. The van der Waals surface area contributed by atoms with Crippen LogP contribution >= 0.6 is 11.3 Å². The van der Waals surface area contributed by atoms with Gasteiger partial charge in [0.2, 0.25) is 5.91 Å². The molecule has 31 heavy (non-hydrogen) atoms. The van der Waals surface area contributed by atoms with E-state index in [0.717, 1.165) is 65.5 Å². The van der Waals surface area contributed by atoms with E-state index in [4.69, 9.17) is 15.5 Å². The van der Waals surface area contributed by atoms with Crippen molar-refractivity contribution in [3.05, 3.63) is 65.2 Å². The molecule has 0 bridgehead atoms. The van der Waals surface area contributed by atoms with Crippen molar-refractivity contribution in [3.63, 3.8) is 0 Å². The average molecular weight is 436 g/mol. The molecule has 1 fully saturated rings. The van der Waals surface area contributed by atoms with Gasteiger partial charge >= 0.3 is 0 Å². The number of nitrogens with one attached hydrogen (secondary N) is 1. The summed E-state index contributed by atoms with van der Waals surface area (Å²) >= 11 is 1.58. The van der Waals surface area contributed by atoms with E-state index in [0.29, 0.717) is 5.56 Å². The van der Waals surface area contributed by atoms with E-state index in [1.807, 2.05) is 37.4 Å². The number of nitrogens with two attached hydrogens (primary N) is 1. The highest BCUT2D eigenvalue weighted by Crippen LogP contribution is 2.27. The number of hydrogen-bond acceptors (Lipinski definition) is 7. The smallest absolute Gasteiger partial charge is 0.248 e. The minimum Gasteiger partial charge on any atom is -0.379 e. The Morgan fingerprint density at radius 1 is 1.29 bits per heavy atom. The first-order valence-corrected chi connectivity index (χ1v) is 10.9. The normalized spacial score (nSPS) is 14.4. The van der Waals surface area contributed by atoms with Gasteiger partial charge in [-0.2, -0.15) is 0 Å². The SMILES string of the molecule is C=C(C(N)=O)c1cccc(-c2cc(CN3CCOCC3)cc(Nc3ncc(C)s3)n2)c1. The third-order valence-electron chi connectivity index (χ3n) is 5.06. The lowest BCUT2D eigenvalue weighted by molar-refractivity contribution is -0.112. The van der Waals surface area contributed by atoms with Crippen LogP contribution in [0, 0.1) is 6.92 Å². The lowest BCUT2D eigenvalue weighted by Gasteiger charge is -2.26. The maximum Gasteiger partial charge on any atom is 0.248 e. The molecule has 3 heterocycles. The lowest BCUT2D eigenvalue weighted by atomic mass is 10.0. The van der Waals surface area contributed by atoms with Crippen molar-refractivity contribution in [2.75, 3.05) is 31.6 Å². The molecule has 0 unspecified atom stereocenters. The lowest BCUT2D eigenvalue weighted by Crippen LogP contribution is -2.35. The number of thiazole rings is 1. The van der Waals surface area contributed by atoms with Gasteiger partial charge in [0.05, 0.1) is 18.9 Å². The first-order valence-electron chi connectivity index (χ1n) is 10.1. The largest absolute Gasteiger partial charge is 0.379 e. The summed E-state index contributed by atoms with van der Waals surface area (Å²) in [4.78, 5) is 24.3. The van der Waals surface area contributed by atoms with Crippen molar-refractivity contribution in [2.24, 2.45) is 5.73 Å². The number of anilines is 2. The second-order valence-corrected chi connectivity index (χ2v) is 8.69. The van der Waals surface area contributed by atoms with Crippen molar-refractivity contribution in [1.29, 1.82) is 0 Å². The van der Waals surface area contributed by atoms with Gasteiger partial charge in [-0.1, -0.05) is 24.8 Å². The number of aryl methyl sites for hydroxylation is 1. The number of pyridine rings is 1. The fourth-order valence-electron chi connectivity index (χ4n) is 3.44. The van der Waals surface area contributed by atoms with Gasteiger partial charge in [-0.05, 0) is 36.2 Å². The number of hydrogen-bond donors (Lipinski definition) is 2. The number of ether oxygens (including phenoxy) is 1. The van der Waals surface area contributed by atoms with Gasteiger partial charge in [-0.3, -0.25) is 9.69 Å². The highest BCUT2D eigenvalue weighted by atomic mass is 32.1. The Balaban J connectivity index is 1.69. The van der Waals surface area contributed by atoms with Gasteiger partial charge in [-0.25, -0.2) is 9.97 Å². The van der Waals surface area contributed by atoms with Gasteiger partial charge < -0.3 is 15.8 Å². The molecule has 1 saturated heterocycles. The fraction of sp³-hybridized carbons (Fsp3) is 0.261. The number of morpholine rings is 1. The number of carbonyl (C=O) groups excluding carboxylic acids is 1. The van der Waals surface area contributed by atoms with E-state index in [1.165, 1.54) is 0 Å². The van der Waals surface area contributed by atoms with E-state index in [-0.39, 0.29) is 5.57 Å². The first kappa shape index (κ1) is 21.2. The van der Waals surface area contributed by atoms with Crippen LogP contribution in [0.1, 0.15) is 16.0 Å². The monoisotopic (exact) mass is 435 g/mol. The molecule has 2 aromatic heterocycles. The molecule has 0 saturated carbocycles. The van der Waals surface area contributed by atoms with Crippen molar-refractivity contribution < 1.29 is 9.53 Å². The maximum absolute atomic E-state index is 11.6. The molecule has 1 aromatic carbocycles. The zero-order chi connectivity index (χ0) is 21.8. The molecule has 1 aliphatic rings.